The molecule has 9 heteroatoms. The molecule has 146 valence electrons. The highest BCUT2D eigenvalue weighted by molar-refractivity contribution is 5.79. The second-order valence-electron chi connectivity index (χ2n) is 6.90. The highest BCUT2D eigenvalue weighted by atomic mass is 19.1. The van der Waals surface area contributed by atoms with E-state index in [1.165, 1.54) is 11.1 Å². The molecule has 0 radical (unpaired) electrons. The minimum atomic E-state index is -0.428. The number of amides is 1. The second-order valence-corrected chi connectivity index (χ2v) is 6.90. The maximum absolute atomic E-state index is 13.5. The van der Waals surface area contributed by atoms with E-state index >= 15 is 0 Å². The van der Waals surface area contributed by atoms with Gasteiger partial charge in [-0.15, -0.1) is 0 Å². The lowest BCUT2D eigenvalue weighted by Crippen LogP contribution is -2.42. The molecule has 2 fully saturated rings. The molecule has 0 saturated carbocycles. The van der Waals surface area contributed by atoms with Crippen molar-refractivity contribution in [2.75, 3.05) is 24.6 Å². The van der Waals surface area contributed by atoms with Gasteiger partial charge in [0.1, 0.15) is 11.5 Å². The van der Waals surface area contributed by atoms with Crippen LogP contribution in [0.1, 0.15) is 41.4 Å². The number of aromatic nitrogens is 3. The van der Waals surface area contributed by atoms with Crippen molar-refractivity contribution in [2.24, 2.45) is 5.92 Å². The van der Waals surface area contributed by atoms with Gasteiger partial charge in [0, 0.05) is 37.8 Å². The van der Waals surface area contributed by atoms with Gasteiger partial charge in [-0.1, -0.05) is 0 Å². The number of carbonyl (C=O) groups excluding carboxylic acids is 2. The average Bonchev–Trinajstić information content (AvgIpc) is 3.23. The van der Waals surface area contributed by atoms with Gasteiger partial charge in [-0.25, -0.2) is 19.4 Å². The zero-order valence-corrected chi connectivity index (χ0v) is 15.2. The van der Waals surface area contributed by atoms with E-state index in [1.807, 2.05) is 4.90 Å². The molecule has 8 nitrogen and oxygen atoms in total. The number of hydrogen-bond donors (Lipinski definition) is 0. The maximum atomic E-state index is 13.5. The average molecular weight is 385 g/mol. The molecule has 2 aromatic heterocycles. The minimum absolute atomic E-state index is 0.0889. The maximum Gasteiger partial charge on any atom is 0.249 e. The number of rotatable bonds is 4. The van der Waals surface area contributed by atoms with E-state index < -0.39 is 5.82 Å². The van der Waals surface area contributed by atoms with Crippen LogP contribution in [0.3, 0.4) is 0 Å². The molecule has 1 amide bonds. The Kier molecular flexibility index (Phi) is 5.25. The Balaban J connectivity index is 1.41. The molecule has 0 aromatic carbocycles. The molecule has 4 rings (SSSR count). The van der Waals surface area contributed by atoms with Crippen molar-refractivity contribution in [2.45, 2.75) is 25.3 Å². The standard InChI is InChI=1S/C19H20FN5O3/c20-15-9-14(10-21-11-15)17-4-8-28-25(17)18(27)13-2-6-24(7-3-13)19-22-5-1-16(12-26)23-19/h1,5,9-13,17H,2-4,6-8H2. The van der Waals surface area contributed by atoms with E-state index in [1.54, 1.807) is 18.5 Å². The summed E-state index contributed by atoms with van der Waals surface area (Å²) in [5, 5.41) is 1.39. The molecule has 2 saturated heterocycles. The van der Waals surface area contributed by atoms with Gasteiger partial charge < -0.3 is 4.90 Å². The first-order valence-electron chi connectivity index (χ1n) is 9.25. The van der Waals surface area contributed by atoms with Gasteiger partial charge in [-0.3, -0.25) is 19.4 Å². The third-order valence-corrected chi connectivity index (χ3v) is 5.14. The van der Waals surface area contributed by atoms with Crippen molar-refractivity contribution in [1.29, 1.82) is 0 Å². The van der Waals surface area contributed by atoms with Gasteiger partial charge >= 0.3 is 0 Å². The molecule has 0 aliphatic carbocycles. The normalized spacial score (nSPS) is 20.4. The van der Waals surface area contributed by atoms with Crippen molar-refractivity contribution in [3.63, 3.8) is 0 Å². The number of pyridine rings is 1. The van der Waals surface area contributed by atoms with E-state index in [0.717, 1.165) is 6.20 Å². The van der Waals surface area contributed by atoms with Gasteiger partial charge in [0.15, 0.2) is 6.29 Å². The molecule has 1 unspecified atom stereocenters. The third kappa shape index (κ3) is 3.70. The number of piperidine rings is 1. The minimum Gasteiger partial charge on any atom is -0.341 e. The molecule has 0 bridgehead atoms. The summed E-state index contributed by atoms with van der Waals surface area (Å²) >= 11 is 0. The Bertz CT molecular complexity index is 872. The number of nitrogens with zero attached hydrogens (tertiary/aromatic N) is 5. The zero-order chi connectivity index (χ0) is 19.5. The number of halogens is 1. The predicted octanol–water partition coefficient (Wildman–Crippen LogP) is 1.94. The molecule has 28 heavy (non-hydrogen) atoms. The van der Waals surface area contributed by atoms with Crippen LogP contribution in [0.25, 0.3) is 0 Å². The van der Waals surface area contributed by atoms with Crippen molar-refractivity contribution in [1.82, 2.24) is 20.0 Å². The Morgan fingerprint density at radius 2 is 2.07 bits per heavy atom. The highest BCUT2D eigenvalue weighted by Gasteiger charge is 2.37. The Morgan fingerprint density at radius 1 is 1.25 bits per heavy atom. The molecular formula is C19H20FN5O3. The van der Waals surface area contributed by atoms with Crippen LogP contribution in [-0.2, 0) is 9.63 Å². The van der Waals surface area contributed by atoms with E-state index in [-0.39, 0.29) is 17.9 Å². The lowest BCUT2D eigenvalue weighted by molar-refractivity contribution is -0.182. The molecule has 4 heterocycles. The van der Waals surface area contributed by atoms with Gasteiger partial charge in [0.05, 0.1) is 18.8 Å². The summed E-state index contributed by atoms with van der Waals surface area (Å²) in [6.07, 6.45) is 6.82. The molecule has 2 aromatic rings. The number of aldehydes is 1. The summed E-state index contributed by atoms with van der Waals surface area (Å²) in [6, 6.07) is 2.63. The first-order valence-corrected chi connectivity index (χ1v) is 9.25. The van der Waals surface area contributed by atoms with Crippen LogP contribution in [0.2, 0.25) is 0 Å². The number of hydroxylamine groups is 2. The number of anilines is 1. The van der Waals surface area contributed by atoms with Crippen LogP contribution in [0.5, 0.6) is 0 Å². The second kappa shape index (κ2) is 7.97. The van der Waals surface area contributed by atoms with E-state index in [9.17, 15) is 14.0 Å². The Morgan fingerprint density at radius 3 is 2.82 bits per heavy atom. The SMILES string of the molecule is O=Cc1ccnc(N2CCC(C(=O)N3OCCC3c3cncc(F)c3)CC2)n1. The van der Waals surface area contributed by atoms with Crippen molar-refractivity contribution in [3.8, 4) is 0 Å². The molecule has 0 N–H and O–H groups in total. The fourth-order valence-corrected chi connectivity index (χ4v) is 3.69. The van der Waals surface area contributed by atoms with Crippen molar-refractivity contribution < 1.29 is 18.8 Å². The number of carbonyl (C=O) groups is 2. The fraction of sp³-hybridized carbons (Fsp3) is 0.421. The molecule has 0 spiro atoms. The van der Waals surface area contributed by atoms with Crippen LogP contribution in [0.15, 0.2) is 30.7 Å². The van der Waals surface area contributed by atoms with Gasteiger partial charge in [0.2, 0.25) is 11.9 Å². The van der Waals surface area contributed by atoms with Crippen LogP contribution < -0.4 is 4.90 Å². The lowest BCUT2D eigenvalue weighted by Gasteiger charge is -2.34. The summed E-state index contributed by atoms with van der Waals surface area (Å²) in [7, 11) is 0. The zero-order valence-electron chi connectivity index (χ0n) is 15.2. The monoisotopic (exact) mass is 385 g/mol. The predicted molar refractivity (Wildman–Crippen MR) is 96.7 cm³/mol. The van der Waals surface area contributed by atoms with Gasteiger partial charge in [-0.2, -0.15) is 0 Å². The van der Waals surface area contributed by atoms with Gasteiger partial charge in [-0.05, 0) is 30.5 Å². The summed E-state index contributed by atoms with van der Waals surface area (Å²) in [5.74, 6) is -0.208. The first-order chi connectivity index (χ1) is 13.7. The Labute approximate surface area is 161 Å². The van der Waals surface area contributed by atoms with Crippen LogP contribution >= 0.6 is 0 Å². The fourth-order valence-electron chi connectivity index (χ4n) is 3.69. The van der Waals surface area contributed by atoms with Crippen molar-refractivity contribution in [3.05, 3.63) is 47.8 Å². The van der Waals surface area contributed by atoms with Crippen LogP contribution in [0, 0.1) is 11.7 Å². The summed E-state index contributed by atoms with van der Waals surface area (Å²) < 4.78 is 13.5. The topological polar surface area (TPSA) is 88.5 Å². The number of hydrogen-bond acceptors (Lipinski definition) is 7. The molecular weight excluding hydrogens is 365 g/mol. The molecule has 1 atom stereocenters. The van der Waals surface area contributed by atoms with E-state index in [0.29, 0.717) is 62.5 Å². The summed E-state index contributed by atoms with van der Waals surface area (Å²) in [6.45, 7) is 1.63. The lowest BCUT2D eigenvalue weighted by atomic mass is 9.95. The van der Waals surface area contributed by atoms with Crippen LogP contribution in [-0.4, -0.2) is 51.9 Å². The van der Waals surface area contributed by atoms with Crippen LogP contribution in [0.4, 0.5) is 10.3 Å². The van der Waals surface area contributed by atoms with E-state index in [4.69, 9.17) is 4.84 Å². The largest absolute Gasteiger partial charge is 0.341 e. The first kappa shape index (κ1) is 18.4. The van der Waals surface area contributed by atoms with Gasteiger partial charge in [0.25, 0.3) is 0 Å². The Hall–Kier alpha value is -2.94. The highest BCUT2D eigenvalue weighted by Crippen LogP contribution is 2.33. The summed E-state index contributed by atoms with van der Waals surface area (Å²) in [4.78, 5) is 43.7. The third-order valence-electron chi connectivity index (χ3n) is 5.14. The van der Waals surface area contributed by atoms with Crippen molar-refractivity contribution >= 4 is 18.1 Å². The molecule has 2 aliphatic rings. The summed E-state index contributed by atoms with van der Waals surface area (Å²) in [5.41, 5.74) is 0.975. The van der Waals surface area contributed by atoms with E-state index in [2.05, 4.69) is 15.0 Å². The smallest absolute Gasteiger partial charge is 0.249 e. The molecule has 2 aliphatic heterocycles. The quantitative estimate of drug-likeness (QED) is 0.743.